The fraction of sp³-hybridized carbons (Fsp3) is 0.526. The van der Waals surface area contributed by atoms with E-state index in [1.54, 1.807) is 0 Å². The molecule has 0 bridgehead atoms. The lowest BCUT2D eigenvalue weighted by molar-refractivity contribution is 0.723. The van der Waals surface area contributed by atoms with Gasteiger partial charge in [-0.1, -0.05) is 53.7 Å². The summed E-state index contributed by atoms with van der Waals surface area (Å²) >= 11 is 12.1. The fourth-order valence-corrected chi connectivity index (χ4v) is 3.17. The Kier molecular flexibility index (Phi) is 6.22. The predicted octanol–water partition coefficient (Wildman–Crippen LogP) is 6.61. The fourth-order valence-electron chi connectivity index (χ4n) is 2.80. The van der Waals surface area contributed by atoms with Gasteiger partial charge >= 0.3 is 0 Å². The van der Waals surface area contributed by atoms with Gasteiger partial charge in [0.15, 0.2) is 5.82 Å². The molecular weight excluding hydrogens is 341 g/mol. The zero-order valence-corrected chi connectivity index (χ0v) is 16.7. The molecule has 0 amide bonds. The molecule has 3 nitrogen and oxygen atoms in total. The average Bonchev–Trinajstić information content (AvgIpc) is 2.51. The van der Waals surface area contributed by atoms with E-state index in [-0.39, 0.29) is 10.6 Å². The third-order valence-electron chi connectivity index (χ3n) is 4.46. The molecule has 2 rings (SSSR count). The van der Waals surface area contributed by atoms with E-state index in [9.17, 15) is 0 Å². The average molecular weight is 366 g/mol. The van der Waals surface area contributed by atoms with E-state index in [4.69, 9.17) is 23.2 Å². The normalized spacial score (nSPS) is 12.9. The van der Waals surface area contributed by atoms with Crippen molar-refractivity contribution in [2.75, 3.05) is 0 Å². The first kappa shape index (κ1) is 19.1. The summed E-state index contributed by atoms with van der Waals surface area (Å²) in [7, 11) is 0. The van der Waals surface area contributed by atoms with Crippen LogP contribution in [0.5, 0.6) is 0 Å². The third kappa shape index (κ3) is 4.07. The van der Waals surface area contributed by atoms with E-state index in [0.717, 1.165) is 12.0 Å². The van der Waals surface area contributed by atoms with Gasteiger partial charge in [0.25, 0.3) is 0 Å². The first-order valence-corrected chi connectivity index (χ1v) is 9.25. The standard InChI is InChI=1S/C19H25Cl2N3/c1-7-12(6)15-9-13(10(2)3)8-14(11(4)5)16(15)17-22-18(20)24-19(21)23-17/h8-12H,7H2,1-6H3. The van der Waals surface area contributed by atoms with Crippen LogP contribution in [0.4, 0.5) is 0 Å². The van der Waals surface area contributed by atoms with Crippen LogP contribution in [-0.4, -0.2) is 15.0 Å². The Morgan fingerprint density at radius 2 is 1.38 bits per heavy atom. The van der Waals surface area contributed by atoms with E-state index in [2.05, 4.69) is 68.6 Å². The van der Waals surface area contributed by atoms with Gasteiger partial charge < -0.3 is 0 Å². The first-order valence-electron chi connectivity index (χ1n) is 8.49. The lowest BCUT2D eigenvalue weighted by Crippen LogP contribution is -2.07. The Bertz CT molecular complexity index is 707. The van der Waals surface area contributed by atoms with Crippen molar-refractivity contribution in [1.82, 2.24) is 15.0 Å². The maximum absolute atomic E-state index is 6.03. The SMILES string of the molecule is CCC(C)c1cc(C(C)C)cc(C(C)C)c1-c1nc(Cl)nc(Cl)n1. The van der Waals surface area contributed by atoms with Crippen LogP contribution in [0.3, 0.4) is 0 Å². The molecule has 0 radical (unpaired) electrons. The van der Waals surface area contributed by atoms with Crippen molar-refractivity contribution in [1.29, 1.82) is 0 Å². The molecule has 1 heterocycles. The Labute approximate surface area is 154 Å². The summed E-state index contributed by atoms with van der Waals surface area (Å²) in [4.78, 5) is 12.6. The minimum absolute atomic E-state index is 0.128. The van der Waals surface area contributed by atoms with Crippen molar-refractivity contribution in [2.24, 2.45) is 0 Å². The van der Waals surface area contributed by atoms with Crippen molar-refractivity contribution in [2.45, 2.75) is 65.7 Å². The van der Waals surface area contributed by atoms with Crippen LogP contribution >= 0.6 is 23.2 Å². The Morgan fingerprint density at radius 3 is 1.83 bits per heavy atom. The van der Waals surface area contributed by atoms with Crippen molar-refractivity contribution >= 4 is 23.2 Å². The van der Waals surface area contributed by atoms with Gasteiger partial charge in [-0.15, -0.1) is 0 Å². The second-order valence-corrected chi connectivity index (χ2v) is 7.57. The maximum Gasteiger partial charge on any atom is 0.227 e. The van der Waals surface area contributed by atoms with Gasteiger partial charge in [0.05, 0.1) is 0 Å². The topological polar surface area (TPSA) is 38.7 Å². The Balaban J connectivity index is 2.84. The molecule has 1 aromatic carbocycles. The molecule has 0 saturated heterocycles. The van der Waals surface area contributed by atoms with Crippen molar-refractivity contribution < 1.29 is 0 Å². The van der Waals surface area contributed by atoms with Crippen molar-refractivity contribution in [3.8, 4) is 11.4 Å². The van der Waals surface area contributed by atoms with E-state index >= 15 is 0 Å². The molecule has 0 aliphatic carbocycles. The van der Waals surface area contributed by atoms with Gasteiger partial charge in [0, 0.05) is 5.56 Å². The molecule has 0 N–H and O–H groups in total. The Morgan fingerprint density at radius 1 is 0.833 bits per heavy atom. The monoisotopic (exact) mass is 365 g/mol. The number of nitrogens with zero attached hydrogens (tertiary/aromatic N) is 3. The summed E-state index contributed by atoms with van der Waals surface area (Å²) < 4.78 is 0. The zero-order valence-electron chi connectivity index (χ0n) is 15.2. The van der Waals surface area contributed by atoms with E-state index in [1.807, 2.05) is 0 Å². The van der Waals surface area contributed by atoms with Gasteiger partial charge in [-0.25, -0.2) is 0 Å². The second-order valence-electron chi connectivity index (χ2n) is 6.89. The van der Waals surface area contributed by atoms with Gasteiger partial charge in [-0.3, -0.25) is 0 Å². The lowest BCUT2D eigenvalue weighted by Gasteiger charge is -2.23. The van der Waals surface area contributed by atoms with Crippen LogP contribution in [0.25, 0.3) is 11.4 Å². The van der Waals surface area contributed by atoms with Crippen LogP contribution in [0.15, 0.2) is 12.1 Å². The highest BCUT2D eigenvalue weighted by atomic mass is 35.5. The van der Waals surface area contributed by atoms with Crippen molar-refractivity contribution in [3.05, 3.63) is 39.4 Å². The largest absolute Gasteiger partial charge is 0.227 e. The van der Waals surface area contributed by atoms with Crippen LogP contribution in [0, 0.1) is 0 Å². The molecule has 0 aliphatic rings. The highest BCUT2D eigenvalue weighted by Gasteiger charge is 2.22. The molecule has 5 heteroatoms. The van der Waals surface area contributed by atoms with Gasteiger partial charge in [0.2, 0.25) is 10.6 Å². The van der Waals surface area contributed by atoms with E-state index < -0.39 is 0 Å². The summed E-state index contributed by atoms with van der Waals surface area (Å²) in [6.07, 6.45) is 1.04. The number of benzene rings is 1. The molecule has 0 fully saturated rings. The summed E-state index contributed by atoms with van der Waals surface area (Å²) in [6.45, 7) is 13.2. The maximum atomic E-state index is 6.03. The highest BCUT2D eigenvalue weighted by Crippen LogP contribution is 2.38. The third-order valence-corrected chi connectivity index (χ3v) is 4.80. The van der Waals surface area contributed by atoms with Crippen LogP contribution in [0.2, 0.25) is 10.6 Å². The minimum Gasteiger partial charge on any atom is -0.198 e. The summed E-state index contributed by atoms with van der Waals surface area (Å²) in [5.74, 6) is 1.76. The minimum atomic E-state index is 0.128. The molecule has 0 spiro atoms. The second kappa shape index (κ2) is 7.79. The summed E-state index contributed by atoms with van der Waals surface area (Å²) in [6, 6.07) is 4.55. The first-order chi connectivity index (χ1) is 11.2. The zero-order chi connectivity index (χ0) is 18.0. The van der Waals surface area contributed by atoms with Crippen molar-refractivity contribution in [3.63, 3.8) is 0 Å². The molecule has 130 valence electrons. The molecule has 2 aromatic rings. The lowest BCUT2D eigenvalue weighted by atomic mass is 9.83. The number of hydrogen-bond donors (Lipinski definition) is 0. The summed E-state index contributed by atoms with van der Waals surface area (Å²) in [5.41, 5.74) is 4.87. The van der Waals surface area contributed by atoms with Gasteiger partial charge in [-0.2, -0.15) is 15.0 Å². The van der Waals surface area contributed by atoms with Gasteiger partial charge in [0.1, 0.15) is 0 Å². The molecule has 1 atom stereocenters. The quantitative estimate of drug-likeness (QED) is 0.598. The smallest absolute Gasteiger partial charge is 0.198 e. The number of aromatic nitrogens is 3. The molecular formula is C19H25Cl2N3. The van der Waals surface area contributed by atoms with E-state index in [1.165, 1.54) is 16.7 Å². The van der Waals surface area contributed by atoms with Crippen LogP contribution in [-0.2, 0) is 0 Å². The molecule has 0 aliphatic heterocycles. The molecule has 24 heavy (non-hydrogen) atoms. The predicted molar refractivity (Wildman–Crippen MR) is 102 cm³/mol. The molecule has 0 saturated carbocycles. The number of hydrogen-bond acceptors (Lipinski definition) is 3. The number of halogens is 2. The highest BCUT2D eigenvalue weighted by molar-refractivity contribution is 6.31. The molecule has 1 aromatic heterocycles. The molecule has 1 unspecified atom stereocenters. The van der Waals surface area contributed by atoms with Gasteiger partial charge in [-0.05, 0) is 64.1 Å². The number of rotatable bonds is 5. The summed E-state index contributed by atoms with van der Waals surface area (Å²) in [5, 5.41) is 0.255. The Hall–Kier alpha value is -1.19. The van der Waals surface area contributed by atoms with E-state index in [0.29, 0.717) is 23.6 Å². The van der Waals surface area contributed by atoms with Crippen LogP contribution in [0.1, 0.15) is 82.4 Å². The van der Waals surface area contributed by atoms with Crippen LogP contribution < -0.4 is 0 Å².